The van der Waals surface area contributed by atoms with Gasteiger partial charge in [-0.25, -0.2) is 0 Å². The third kappa shape index (κ3) is 3.28. The number of anilines is 1. The number of carbonyl (C=O) groups excluding carboxylic acids is 2. The van der Waals surface area contributed by atoms with Gasteiger partial charge in [0.2, 0.25) is 11.8 Å². The first kappa shape index (κ1) is 19.7. The van der Waals surface area contributed by atoms with Gasteiger partial charge in [0.1, 0.15) is 5.82 Å². The fourth-order valence-corrected chi connectivity index (χ4v) is 7.38. The van der Waals surface area contributed by atoms with Crippen LogP contribution < -0.4 is 4.90 Å². The molecule has 4 fully saturated rings. The number of rotatable bonds is 6. The first-order chi connectivity index (χ1) is 15.2. The Morgan fingerprint density at radius 2 is 1.58 bits per heavy atom. The number of benzene rings is 1. The zero-order valence-electron chi connectivity index (χ0n) is 17.9. The molecule has 0 N–H and O–H groups in total. The van der Waals surface area contributed by atoms with Crippen molar-refractivity contribution in [2.24, 2.45) is 23.7 Å². The summed E-state index contributed by atoms with van der Waals surface area (Å²) >= 11 is 1.58. The number of aromatic nitrogens is 1. The molecular weight excluding hydrogens is 408 g/mol. The Labute approximate surface area is 187 Å². The molecule has 2 aliphatic heterocycles. The number of hydrogen-bond acceptors (Lipinski definition) is 6. The van der Waals surface area contributed by atoms with Gasteiger partial charge in [-0.05, 0) is 74.1 Å². The second kappa shape index (κ2) is 7.85. The van der Waals surface area contributed by atoms with Crippen molar-refractivity contribution in [2.45, 2.75) is 32.1 Å². The van der Waals surface area contributed by atoms with E-state index in [1.54, 1.807) is 16.4 Å². The van der Waals surface area contributed by atoms with Crippen LogP contribution >= 0.6 is 11.5 Å². The highest BCUT2D eigenvalue weighted by atomic mass is 32.1. The molecule has 3 heterocycles. The quantitative estimate of drug-likeness (QED) is 0.512. The highest BCUT2D eigenvalue weighted by molar-refractivity contribution is 7.13. The van der Waals surface area contributed by atoms with E-state index in [2.05, 4.69) is 34.1 Å². The summed E-state index contributed by atoms with van der Waals surface area (Å²) in [4.78, 5) is 32.1. The van der Waals surface area contributed by atoms with Crippen LogP contribution in [0.1, 0.15) is 32.1 Å². The maximum atomic E-state index is 12.8. The lowest BCUT2D eigenvalue weighted by molar-refractivity contribution is -0.140. The van der Waals surface area contributed by atoms with E-state index in [1.807, 2.05) is 0 Å². The largest absolute Gasteiger partial charge is 0.353 e. The van der Waals surface area contributed by atoms with Gasteiger partial charge in [-0.3, -0.25) is 19.4 Å². The molecule has 2 aromatic rings. The molecule has 0 unspecified atom stereocenters. The molecule has 7 heteroatoms. The summed E-state index contributed by atoms with van der Waals surface area (Å²) in [5.74, 6) is 2.45. The second-order valence-electron chi connectivity index (χ2n) is 9.75. The van der Waals surface area contributed by atoms with Crippen LogP contribution in [-0.2, 0) is 9.59 Å². The van der Waals surface area contributed by atoms with Crippen LogP contribution in [0.4, 0.5) is 5.82 Å². The van der Waals surface area contributed by atoms with Gasteiger partial charge in [0, 0.05) is 38.1 Å². The molecule has 4 aliphatic rings. The Balaban J connectivity index is 0.967. The highest BCUT2D eigenvalue weighted by Crippen LogP contribution is 2.56. The van der Waals surface area contributed by atoms with Crippen LogP contribution in [0.5, 0.6) is 0 Å². The van der Waals surface area contributed by atoms with Crippen molar-refractivity contribution in [1.82, 2.24) is 14.2 Å². The molecule has 2 aliphatic carbocycles. The molecule has 6 rings (SSSR count). The van der Waals surface area contributed by atoms with Crippen molar-refractivity contribution >= 4 is 39.3 Å². The Morgan fingerprint density at radius 3 is 2.32 bits per heavy atom. The molecule has 6 nitrogen and oxygen atoms in total. The summed E-state index contributed by atoms with van der Waals surface area (Å²) in [5, 5.41) is 1.26. The standard InChI is InChI=1S/C24H30N4O2S/c29-23-20-16-7-8-17(15-16)21(20)24(30)28(23)10-4-3-9-26-11-13-27(14-12-26)22-18-5-1-2-6-19(18)31-25-22/h1-2,5-6,16-17,20-21H,3-4,7-15H2/t16-,17+,20-,21+. The van der Waals surface area contributed by atoms with Crippen LogP contribution in [0.15, 0.2) is 24.3 Å². The summed E-state index contributed by atoms with van der Waals surface area (Å²) in [6.45, 7) is 5.75. The highest BCUT2D eigenvalue weighted by Gasteiger charge is 2.60. The summed E-state index contributed by atoms with van der Waals surface area (Å²) in [6.07, 6.45) is 5.38. The zero-order valence-corrected chi connectivity index (χ0v) is 18.7. The molecule has 2 saturated heterocycles. The van der Waals surface area contributed by atoms with Crippen LogP contribution in [0.3, 0.4) is 0 Å². The molecule has 4 atom stereocenters. The van der Waals surface area contributed by atoms with Gasteiger partial charge in [0.15, 0.2) is 0 Å². The fraction of sp³-hybridized carbons (Fsp3) is 0.625. The predicted octanol–water partition coefficient (Wildman–Crippen LogP) is 3.23. The van der Waals surface area contributed by atoms with Crippen molar-refractivity contribution in [3.05, 3.63) is 24.3 Å². The van der Waals surface area contributed by atoms with Crippen LogP contribution in [-0.4, -0.2) is 65.3 Å². The lowest BCUT2D eigenvalue weighted by Gasteiger charge is -2.35. The molecule has 1 aromatic heterocycles. The van der Waals surface area contributed by atoms with Gasteiger partial charge < -0.3 is 4.90 Å². The number of amides is 2. The van der Waals surface area contributed by atoms with Gasteiger partial charge in [0.05, 0.1) is 16.5 Å². The third-order valence-electron chi connectivity index (χ3n) is 8.16. The fourth-order valence-electron chi connectivity index (χ4n) is 6.58. The minimum atomic E-state index is 0.0288. The van der Waals surface area contributed by atoms with E-state index in [4.69, 9.17) is 4.37 Å². The summed E-state index contributed by atoms with van der Waals surface area (Å²) < 4.78 is 5.95. The van der Waals surface area contributed by atoms with E-state index in [1.165, 1.54) is 10.1 Å². The Bertz CT molecular complexity index is 970. The maximum absolute atomic E-state index is 12.8. The predicted molar refractivity (Wildman–Crippen MR) is 122 cm³/mol. The number of imide groups is 1. The topological polar surface area (TPSA) is 56.8 Å². The maximum Gasteiger partial charge on any atom is 0.233 e. The molecule has 2 saturated carbocycles. The summed E-state index contributed by atoms with van der Waals surface area (Å²) in [6, 6.07) is 8.47. The summed E-state index contributed by atoms with van der Waals surface area (Å²) in [7, 11) is 0. The van der Waals surface area contributed by atoms with Crippen molar-refractivity contribution in [2.75, 3.05) is 44.2 Å². The molecule has 0 spiro atoms. The Morgan fingerprint density at radius 1 is 0.903 bits per heavy atom. The van der Waals surface area contributed by atoms with E-state index in [0.717, 1.165) is 70.6 Å². The SMILES string of the molecule is O=C1[C@@H]2[C@@H]3CC[C@@H](C3)[C@@H]2C(=O)N1CCCCN1CCN(c2nsc3ccccc23)CC1. The summed E-state index contributed by atoms with van der Waals surface area (Å²) in [5.41, 5.74) is 0. The number of unbranched alkanes of at least 4 members (excludes halogenated alkanes) is 1. The smallest absolute Gasteiger partial charge is 0.233 e. The monoisotopic (exact) mass is 438 g/mol. The molecule has 2 bridgehead atoms. The van der Waals surface area contributed by atoms with Gasteiger partial charge in [-0.15, -0.1) is 0 Å². The molecular formula is C24H30N4O2S. The normalized spacial score (nSPS) is 30.7. The number of nitrogens with zero attached hydrogens (tertiary/aromatic N) is 4. The van der Waals surface area contributed by atoms with E-state index in [0.29, 0.717) is 18.4 Å². The number of carbonyl (C=O) groups is 2. The molecule has 31 heavy (non-hydrogen) atoms. The van der Waals surface area contributed by atoms with Gasteiger partial charge >= 0.3 is 0 Å². The average molecular weight is 439 g/mol. The van der Waals surface area contributed by atoms with Crippen LogP contribution in [0.25, 0.3) is 10.1 Å². The van der Waals surface area contributed by atoms with Gasteiger partial charge in [-0.2, -0.15) is 4.37 Å². The van der Waals surface area contributed by atoms with Gasteiger partial charge in [0.25, 0.3) is 0 Å². The Hall–Kier alpha value is -1.99. The third-order valence-corrected chi connectivity index (χ3v) is 8.97. The first-order valence-electron chi connectivity index (χ1n) is 11.9. The zero-order chi connectivity index (χ0) is 20.9. The Kier molecular flexibility index (Phi) is 4.98. The number of hydrogen-bond donors (Lipinski definition) is 0. The molecule has 1 aromatic carbocycles. The van der Waals surface area contributed by atoms with Crippen molar-refractivity contribution in [3.63, 3.8) is 0 Å². The van der Waals surface area contributed by atoms with Crippen LogP contribution in [0, 0.1) is 23.7 Å². The number of fused-ring (bicyclic) bond motifs is 6. The van der Waals surface area contributed by atoms with E-state index < -0.39 is 0 Å². The van der Waals surface area contributed by atoms with Crippen molar-refractivity contribution in [1.29, 1.82) is 0 Å². The van der Waals surface area contributed by atoms with E-state index >= 15 is 0 Å². The van der Waals surface area contributed by atoms with Crippen LogP contribution in [0.2, 0.25) is 0 Å². The average Bonchev–Trinajstić information content (AvgIpc) is 3.56. The van der Waals surface area contributed by atoms with E-state index in [9.17, 15) is 9.59 Å². The molecule has 0 radical (unpaired) electrons. The lowest BCUT2D eigenvalue weighted by Crippen LogP contribution is -2.46. The van der Waals surface area contributed by atoms with E-state index in [-0.39, 0.29) is 23.7 Å². The first-order valence-corrected chi connectivity index (χ1v) is 12.6. The number of piperazine rings is 1. The van der Waals surface area contributed by atoms with Gasteiger partial charge in [-0.1, -0.05) is 12.1 Å². The molecule has 164 valence electrons. The lowest BCUT2D eigenvalue weighted by atomic mass is 9.81. The minimum absolute atomic E-state index is 0.0288. The second-order valence-corrected chi connectivity index (χ2v) is 10.6. The van der Waals surface area contributed by atoms with Crippen molar-refractivity contribution in [3.8, 4) is 0 Å². The minimum Gasteiger partial charge on any atom is -0.353 e. The van der Waals surface area contributed by atoms with Crippen molar-refractivity contribution < 1.29 is 9.59 Å². The molecule has 2 amide bonds. The number of likely N-dealkylation sites (tertiary alicyclic amines) is 1.